The largest absolute Gasteiger partial charge is 0.367 e. The molecule has 28 heavy (non-hydrogen) atoms. The van der Waals surface area contributed by atoms with E-state index in [0.29, 0.717) is 0 Å². The van der Waals surface area contributed by atoms with Crippen molar-refractivity contribution in [3.8, 4) is 11.3 Å². The molecule has 2 atom stereocenters. The van der Waals surface area contributed by atoms with E-state index in [9.17, 15) is 0 Å². The molecule has 0 bridgehead atoms. The Morgan fingerprint density at radius 3 is 3.07 bits per heavy atom. The van der Waals surface area contributed by atoms with Crippen LogP contribution in [0.25, 0.3) is 11.3 Å². The van der Waals surface area contributed by atoms with Crippen LogP contribution in [0.3, 0.4) is 0 Å². The predicted molar refractivity (Wildman–Crippen MR) is 113 cm³/mol. The predicted octanol–water partition coefficient (Wildman–Crippen LogP) is 3.90. The Labute approximate surface area is 166 Å². The van der Waals surface area contributed by atoms with Crippen LogP contribution in [0.2, 0.25) is 0 Å². The highest BCUT2D eigenvalue weighted by atomic mass is 32.1. The van der Waals surface area contributed by atoms with Crippen molar-refractivity contribution in [1.29, 1.82) is 0 Å². The first kappa shape index (κ1) is 16.8. The molecule has 2 aliphatic heterocycles. The second-order valence-corrected chi connectivity index (χ2v) is 7.48. The number of benzene rings is 1. The fourth-order valence-electron chi connectivity index (χ4n) is 3.44. The van der Waals surface area contributed by atoms with E-state index in [4.69, 9.17) is 4.98 Å². The zero-order valence-electron chi connectivity index (χ0n) is 15.0. The highest BCUT2D eigenvalue weighted by Gasteiger charge is 2.28. The maximum Gasteiger partial charge on any atom is 0.148 e. The molecule has 2 aliphatic rings. The van der Waals surface area contributed by atoms with Crippen molar-refractivity contribution in [2.75, 3.05) is 11.9 Å². The molecular formula is C21H18N6S. The first-order chi connectivity index (χ1) is 13.9. The summed E-state index contributed by atoms with van der Waals surface area (Å²) in [5.74, 6) is 1.20. The van der Waals surface area contributed by atoms with Crippen LogP contribution < -0.4 is 10.6 Å². The number of nitrogens with one attached hydrogen (secondary N) is 2. The third kappa shape index (κ3) is 3.20. The minimum absolute atomic E-state index is 0.158. The number of nitrogens with zero attached hydrogens (tertiary/aromatic N) is 4. The van der Waals surface area contributed by atoms with Gasteiger partial charge in [-0.1, -0.05) is 30.4 Å². The molecule has 6 nitrogen and oxygen atoms in total. The second kappa shape index (κ2) is 7.36. The SMILES string of the molecule is C1=C\C(c2cccc(-c3csc(C4CNc5nccnc54)n3)c2)/C=C\N\C=N/1. The van der Waals surface area contributed by atoms with Gasteiger partial charge in [-0.05, 0) is 17.8 Å². The summed E-state index contributed by atoms with van der Waals surface area (Å²) in [7, 11) is 0. The van der Waals surface area contributed by atoms with E-state index in [0.717, 1.165) is 34.3 Å². The number of aliphatic imine (C=N–C) groups is 1. The maximum atomic E-state index is 4.92. The van der Waals surface area contributed by atoms with E-state index in [-0.39, 0.29) is 11.8 Å². The summed E-state index contributed by atoms with van der Waals surface area (Å²) < 4.78 is 0. The van der Waals surface area contributed by atoms with Crippen LogP contribution in [0.5, 0.6) is 0 Å². The van der Waals surface area contributed by atoms with Gasteiger partial charge in [0, 0.05) is 42.0 Å². The number of aromatic nitrogens is 3. The van der Waals surface area contributed by atoms with Crippen molar-refractivity contribution in [1.82, 2.24) is 20.3 Å². The molecule has 1 aromatic carbocycles. The number of fused-ring (bicyclic) bond motifs is 1. The Morgan fingerprint density at radius 2 is 2.07 bits per heavy atom. The van der Waals surface area contributed by atoms with Gasteiger partial charge in [0.2, 0.25) is 0 Å². The molecule has 0 spiro atoms. The van der Waals surface area contributed by atoms with Gasteiger partial charge in [-0.25, -0.2) is 15.0 Å². The number of anilines is 1. The fourth-order valence-corrected chi connectivity index (χ4v) is 4.37. The Hall–Kier alpha value is -3.32. The van der Waals surface area contributed by atoms with E-state index >= 15 is 0 Å². The molecule has 3 aromatic rings. The van der Waals surface area contributed by atoms with Gasteiger partial charge in [0.1, 0.15) is 10.8 Å². The number of hydrogen-bond donors (Lipinski definition) is 2. The lowest BCUT2D eigenvalue weighted by Gasteiger charge is -2.11. The zero-order valence-corrected chi connectivity index (χ0v) is 15.8. The van der Waals surface area contributed by atoms with Gasteiger partial charge < -0.3 is 10.6 Å². The molecule has 7 heteroatoms. The molecule has 0 radical (unpaired) electrons. The van der Waals surface area contributed by atoms with Gasteiger partial charge in [-0.3, -0.25) is 4.98 Å². The van der Waals surface area contributed by atoms with Crippen LogP contribution >= 0.6 is 11.3 Å². The Morgan fingerprint density at radius 1 is 1.11 bits per heavy atom. The zero-order chi connectivity index (χ0) is 18.8. The Balaban J connectivity index is 1.44. The standard InChI is InChI=1S/C21H18N6S/c1-2-15(14-4-6-22-13-23-7-5-14)10-16(3-1)18-12-28-21(27-18)17-11-26-20-19(17)24-8-9-25-20/h1-10,12-14,17H,11H2,(H,22,23)(H,25,26)/b6-4-,7-5-. The fraction of sp³-hybridized carbons (Fsp3) is 0.143. The third-order valence-electron chi connectivity index (χ3n) is 4.85. The van der Waals surface area contributed by atoms with E-state index in [1.54, 1.807) is 30.1 Å². The summed E-state index contributed by atoms with van der Waals surface area (Å²) >= 11 is 1.68. The van der Waals surface area contributed by atoms with Crippen molar-refractivity contribution in [3.05, 3.63) is 82.9 Å². The van der Waals surface area contributed by atoms with Crippen molar-refractivity contribution < 1.29 is 0 Å². The van der Waals surface area contributed by atoms with Gasteiger partial charge in [0.25, 0.3) is 0 Å². The quantitative estimate of drug-likeness (QED) is 0.714. The molecule has 0 aliphatic carbocycles. The van der Waals surface area contributed by atoms with Gasteiger partial charge in [0.05, 0.1) is 23.6 Å². The smallest absolute Gasteiger partial charge is 0.148 e. The first-order valence-electron chi connectivity index (χ1n) is 9.10. The normalized spacial score (nSPS) is 23.6. The molecule has 5 rings (SSSR count). The lowest BCUT2D eigenvalue weighted by Crippen LogP contribution is -2.04. The molecule has 0 saturated heterocycles. The van der Waals surface area contributed by atoms with Gasteiger partial charge in [-0.15, -0.1) is 11.3 Å². The van der Waals surface area contributed by atoms with Gasteiger partial charge in [0.15, 0.2) is 0 Å². The summed E-state index contributed by atoms with van der Waals surface area (Å²) in [5.41, 5.74) is 4.30. The lowest BCUT2D eigenvalue weighted by atomic mass is 9.96. The van der Waals surface area contributed by atoms with E-state index in [1.165, 1.54) is 5.56 Å². The molecule has 2 aromatic heterocycles. The van der Waals surface area contributed by atoms with Crippen LogP contribution in [0.4, 0.5) is 5.82 Å². The number of thiazole rings is 1. The van der Waals surface area contributed by atoms with E-state index in [1.807, 2.05) is 12.4 Å². The molecule has 0 amide bonds. The molecule has 0 fully saturated rings. The van der Waals surface area contributed by atoms with Crippen LogP contribution in [-0.4, -0.2) is 27.8 Å². The topological polar surface area (TPSA) is 75.1 Å². The van der Waals surface area contributed by atoms with Crippen LogP contribution in [-0.2, 0) is 0 Å². The van der Waals surface area contributed by atoms with Crippen LogP contribution in [0, 0.1) is 0 Å². The molecule has 2 unspecified atom stereocenters. The summed E-state index contributed by atoms with van der Waals surface area (Å²) in [4.78, 5) is 17.9. The molecule has 0 saturated carbocycles. The van der Waals surface area contributed by atoms with Crippen molar-refractivity contribution in [2.24, 2.45) is 4.99 Å². The number of hydrogen-bond acceptors (Lipinski definition) is 7. The van der Waals surface area contributed by atoms with E-state index < -0.39 is 0 Å². The number of allylic oxidation sites excluding steroid dienone is 2. The summed E-state index contributed by atoms with van der Waals surface area (Å²) in [5, 5.41) is 9.54. The molecule has 138 valence electrons. The summed E-state index contributed by atoms with van der Waals surface area (Å²) in [6, 6.07) is 8.52. The number of rotatable bonds is 3. The minimum atomic E-state index is 0.158. The minimum Gasteiger partial charge on any atom is -0.367 e. The average molecular weight is 386 g/mol. The Kier molecular flexibility index (Phi) is 4.42. The van der Waals surface area contributed by atoms with Gasteiger partial charge in [-0.2, -0.15) is 0 Å². The second-order valence-electron chi connectivity index (χ2n) is 6.59. The van der Waals surface area contributed by atoms with Crippen molar-refractivity contribution in [2.45, 2.75) is 11.8 Å². The summed E-state index contributed by atoms with van der Waals surface area (Å²) in [6.45, 7) is 0.789. The van der Waals surface area contributed by atoms with Crippen molar-refractivity contribution >= 4 is 23.5 Å². The highest BCUT2D eigenvalue weighted by Crippen LogP contribution is 2.36. The third-order valence-corrected chi connectivity index (χ3v) is 5.80. The lowest BCUT2D eigenvalue weighted by molar-refractivity contribution is 0.858. The van der Waals surface area contributed by atoms with E-state index in [2.05, 4.69) is 67.4 Å². The average Bonchev–Trinajstić information content (AvgIpc) is 3.35. The monoisotopic (exact) mass is 386 g/mol. The molecule has 2 N–H and O–H groups in total. The van der Waals surface area contributed by atoms with Crippen molar-refractivity contribution in [3.63, 3.8) is 0 Å². The molecule has 4 heterocycles. The Bertz CT molecular complexity index is 1080. The van der Waals surface area contributed by atoms with Crippen LogP contribution in [0.15, 0.2) is 71.6 Å². The van der Waals surface area contributed by atoms with Crippen LogP contribution in [0.1, 0.15) is 28.1 Å². The maximum absolute atomic E-state index is 4.92. The summed E-state index contributed by atoms with van der Waals surface area (Å²) in [6.07, 6.45) is 13.1. The molecular weight excluding hydrogens is 368 g/mol. The van der Waals surface area contributed by atoms with Gasteiger partial charge >= 0.3 is 0 Å². The highest BCUT2D eigenvalue weighted by molar-refractivity contribution is 7.10. The first-order valence-corrected chi connectivity index (χ1v) is 9.98.